The van der Waals surface area contributed by atoms with Crippen LogP contribution in [0.3, 0.4) is 0 Å². The van der Waals surface area contributed by atoms with E-state index in [0.717, 1.165) is 24.2 Å². The first-order valence-electron chi connectivity index (χ1n) is 6.68. The van der Waals surface area contributed by atoms with Crippen LogP contribution in [0.15, 0.2) is 22.9 Å². The van der Waals surface area contributed by atoms with Gasteiger partial charge in [0.05, 0.1) is 6.61 Å². The minimum Gasteiger partial charge on any atom is -0.390 e. The van der Waals surface area contributed by atoms with Crippen LogP contribution in [0.2, 0.25) is 0 Å². The van der Waals surface area contributed by atoms with Gasteiger partial charge in [0.15, 0.2) is 0 Å². The standard InChI is InChI=1S/C14H17N3O3/c1-17-6-2-3-12(17)14(19)15-9-4-5-13-10(7-9)11(8-18)16-20-13/h2-3,6,9,18H,4-5,7-8H2,1H3,(H,15,19). The third-order valence-electron chi connectivity index (χ3n) is 3.78. The van der Waals surface area contributed by atoms with Crippen LogP contribution in [0.4, 0.5) is 0 Å². The molecule has 1 atom stereocenters. The van der Waals surface area contributed by atoms with Gasteiger partial charge in [0.1, 0.15) is 17.1 Å². The van der Waals surface area contributed by atoms with Crippen LogP contribution in [0.25, 0.3) is 0 Å². The first kappa shape index (κ1) is 12.9. The van der Waals surface area contributed by atoms with Gasteiger partial charge in [-0.05, 0) is 25.0 Å². The molecular weight excluding hydrogens is 258 g/mol. The van der Waals surface area contributed by atoms with Crippen LogP contribution in [0, 0.1) is 0 Å². The zero-order valence-corrected chi connectivity index (χ0v) is 11.3. The van der Waals surface area contributed by atoms with E-state index in [4.69, 9.17) is 4.52 Å². The molecular formula is C14H17N3O3. The number of carbonyl (C=O) groups excluding carboxylic acids is 1. The predicted molar refractivity (Wildman–Crippen MR) is 71.1 cm³/mol. The van der Waals surface area contributed by atoms with E-state index < -0.39 is 0 Å². The Morgan fingerprint density at radius 2 is 2.50 bits per heavy atom. The summed E-state index contributed by atoms with van der Waals surface area (Å²) >= 11 is 0. The van der Waals surface area contributed by atoms with E-state index >= 15 is 0 Å². The van der Waals surface area contributed by atoms with Gasteiger partial charge >= 0.3 is 0 Å². The van der Waals surface area contributed by atoms with Crippen molar-refractivity contribution in [3.05, 3.63) is 41.0 Å². The molecule has 1 unspecified atom stereocenters. The van der Waals surface area contributed by atoms with Gasteiger partial charge in [-0.1, -0.05) is 5.16 Å². The highest BCUT2D eigenvalue weighted by Gasteiger charge is 2.26. The number of nitrogens with one attached hydrogen (secondary N) is 1. The van der Waals surface area contributed by atoms with Gasteiger partial charge in [0.25, 0.3) is 5.91 Å². The monoisotopic (exact) mass is 275 g/mol. The van der Waals surface area contributed by atoms with Gasteiger partial charge < -0.3 is 19.5 Å². The second-order valence-electron chi connectivity index (χ2n) is 5.11. The highest BCUT2D eigenvalue weighted by atomic mass is 16.5. The zero-order valence-electron chi connectivity index (χ0n) is 11.3. The summed E-state index contributed by atoms with van der Waals surface area (Å²) in [5, 5.41) is 16.1. The zero-order chi connectivity index (χ0) is 14.1. The van der Waals surface area contributed by atoms with E-state index in [1.165, 1.54) is 0 Å². The summed E-state index contributed by atoms with van der Waals surface area (Å²) in [6, 6.07) is 3.69. The lowest BCUT2D eigenvalue weighted by Crippen LogP contribution is -2.39. The largest absolute Gasteiger partial charge is 0.390 e. The van der Waals surface area contributed by atoms with Crippen molar-refractivity contribution < 1.29 is 14.4 Å². The number of hydrogen-bond acceptors (Lipinski definition) is 4. The molecule has 0 radical (unpaired) electrons. The highest BCUT2D eigenvalue weighted by molar-refractivity contribution is 5.92. The third-order valence-corrected chi connectivity index (χ3v) is 3.78. The summed E-state index contributed by atoms with van der Waals surface area (Å²) in [6.45, 7) is -0.128. The number of amides is 1. The highest BCUT2D eigenvalue weighted by Crippen LogP contribution is 2.24. The number of rotatable bonds is 3. The van der Waals surface area contributed by atoms with Crippen LogP contribution >= 0.6 is 0 Å². The van der Waals surface area contributed by atoms with Gasteiger partial charge in [-0.25, -0.2) is 0 Å². The first-order chi connectivity index (χ1) is 9.69. The Kier molecular flexibility index (Phi) is 3.31. The maximum Gasteiger partial charge on any atom is 0.268 e. The van der Waals surface area contributed by atoms with Gasteiger partial charge in [-0.2, -0.15) is 0 Å². The van der Waals surface area contributed by atoms with E-state index in [1.807, 2.05) is 19.3 Å². The quantitative estimate of drug-likeness (QED) is 0.868. The maximum absolute atomic E-state index is 12.2. The molecule has 20 heavy (non-hydrogen) atoms. The average Bonchev–Trinajstić information content (AvgIpc) is 3.04. The SMILES string of the molecule is Cn1cccc1C(=O)NC1CCc2onc(CO)c2C1. The van der Waals surface area contributed by atoms with E-state index in [0.29, 0.717) is 17.8 Å². The predicted octanol–water partition coefficient (Wildman–Crippen LogP) is 0.793. The lowest BCUT2D eigenvalue weighted by Gasteiger charge is -2.22. The molecule has 2 N–H and O–H groups in total. The number of aliphatic hydroxyl groups is 1. The Balaban J connectivity index is 1.71. The van der Waals surface area contributed by atoms with Crippen molar-refractivity contribution in [2.45, 2.75) is 31.9 Å². The fraction of sp³-hybridized carbons (Fsp3) is 0.429. The van der Waals surface area contributed by atoms with Crippen LogP contribution in [-0.4, -0.2) is 26.8 Å². The van der Waals surface area contributed by atoms with Crippen molar-refractivity contribution in [3.63, 3.8) is 0 Å². The Morgan fingerprint density at radius 1 is 1.65 bits per heavy atom. The molecule has 106 valence electrons. The van der Waals surface area contributed by atoms with Crippen molar-refractivity contribution in [3.8, 4) is 0 Å². The molecule has 6 nitrogen and oxygen atoms in total. The Morgan fingerprint density at radius 3 is 3.20 bits per heavy atom. The van der Waals surface area contributed by atoms with Gasteiger partial charge in [-0.3, -0.25) is 4.79 Å². The molecule has 0 spiro atoms. The molecule has 2 aromatic heterocycles. The topological polar surface area (TPSA) is 80.3 Å². The summed E-state index contributed by atoms with van der Waals surface area (Å²) in [4.78, 5) is 12.2. The Labute approximate surface area is 116 Å². The molecule has 2 heterocycles. The van der Waals surface area contributed by atoms with Crippen LogP contribution < -0.4 is 5.32 Å². The lowest BCUT2D eigenvalue weighted by atomic mass is 9.92. The van der Waals surface area contributed by atoms with E-state index in [1.54, 1.807) is 10.6 Å². The van der Waals surface area contributed by atoms with Gasteiger partial charge in [0.2, 0.25) is 0 Å². The Bertz CT molecular complexity index is 616. The molecule has 1 amide bonds. The van der Waals surface area contributed by atoms with E-state index in [2.05, 4.69) is 10.5 Å². The van der Waals surface area contributed by atoms with Crippen molar-refractivity contribution >= 4 is 5.91 Å². The summed E-state index contributed by atoms with van der Waals surface area (Å²) in [6.07, 6.45) is 4.06. The van der Waals surface area contributed by atoms with Crippen molar-refractivity contribution in [2.24, 2.45) is 7.05 Å². The van der Waals surface area contributed by atoms with Crippen LogP contribution in [0.5, 0.6) is 0 Å². The number of fused-ring (bicyclic) bond motifs is 1. The first-order valence-corrected chi connectivity index (χ1v) is 6.68. The minimum absolute atomic E-state index is 0.0506. The summed E-state index contributed by atoms with van der Waals surface area (Å²) in [7, 11) is 1.84. The molecule has 3 rings (SSSR count). The Hall–Kier alpha value is -2.08. The number of aryl methyl sites for hydroxylation is 2. The third kappa shape index (κ3) is 2.22. The fourth-order valence-electron chi connectivity index (χ4n) is 2.67. The van der Waals surface area contributed by atoms with Gasteiger partial charge in [-0.15, -0.1) is 0 Å². The molecule has 0 fully saturated rings. The molecule has 0 bridgehead atoms. The van der Waals surface area contributed by atoms with Crippen LogP contribution in [-0.2, 0) is 26.5 Å². The average molecular weight is 275 g/mol. The molecule has 1 aliphatic carbocycles. The smallest absolute Gasteiger partial charge is 0.268 e. The van der Waals surface area contributed by atoms with E-state index in [9.17, 15) is 9.90 Å². The van der Waals surface area contributed by atoms with Crippen molar-refractivity contribution in [2.75, 3.05) is 0 Å². The number of aliphatic hydroxyl groups excluding tert-OH is 1. The minimum atomic E-state index is -0.128. The van der Waals surface area contributed by atoms with Crippen LogP contribution in [0.1, 0.15) is 33.9 Å². The molecule has 0 saturated carbocycles. The summed E-state index contributed by atoms with van der Waals surface area (Å²) < 4.78 is 6.99. The summed E-state index contributed by atoms with van der Waals surface area (Å²) in [5.74, 6) is 0.756. The van der Waals surface area contributed by atoms with Crippen molar-refractivity contribution in [1.29, 1.82) is 0 Å². The molecule has 6 heteroatoms. The lowest BCUT2D eigenvalue weighted by molar-refractivity contribution is 0.0924. The van der Waals surface area contributed by atoms with Crippen molar-refractivity contribution in [1.82, 2.24) is 15.0 Å². The van der Waals surface area contributed by atoms with E-state index in [-0.39, 0.29) is 18.6 Å². The molecule has 0 aromatic carbocycles. The number of aromatic nitrogens is 2. The second kappa shape index (κ2) is 5.13. The number of hydrogen-bond donors (Lipinski definition) is 2. The molecule has 2 aromatic rings. The maximum atomic E-state index is 12.2. The second-order valence-corrected chi connectivity index (χ2v) is 5.11. The van der Waals surface area contributed by atoms with Gasteiger partial charge in [0, 0.05) is 31.3 Å². The molecule has 0 saturated heterocycles. The number of nitrogens with zero attached hydrogens (tertiary/aromatic N) is 2. The molecule has 1 aliphatic rings. The summed E-state index contributed by atoms with van der Waals surface area (Å²) in [5.41, 5.74) is 2.16. The normalized spacial score (nSPS) is 17.8. The molecule has 0 aliphatic heterocycles. The number of carbonyl (C=O) groups is 1. The fourth-order valence-corrected chi connectivity index (χ4v) is 2.67.